The highest BCUT2D eigenvalue weighted by Crippen LogP contribution is 2.35. The van der Waals surface area contributed by atoms with Gasteiger partial charge < -0.3 is 0 Å². The van der Waals surface area contributed by atoms with Crippen molar-refractivity contribution in [3.05, 3.63) is 69.7 Å². The summed E-state index contributed by atoms with van der Waals surface area (Å²) in [6.45, 7) is 0. The van der Waals surface area contributed by atoms with Crippen LogP contribution in [0.4, 0.5) is 13.2 Å². The molecule has 0 radical (unpaired) electrons. The minimum absolute atomic E-state index is 0.0188. The lowest BCUT2D eigenvalue weighted by Gasteiger charge is -2.08. The van der Waals surface area contributed by atoms with Gasteiger partial charge in [0.05, 0.1) is 5.56 Å². The molecule has 0 amide bonds. The summed E-state index contributed by atoms with van der Waals surface area (Å²) in [7, 11) is 0. The number of benzene rings is 2. The molecule has 0 heterocycles. The van der Waals surface area contributed by atoms with Crippen LogP contribution in [0.1, 0.15) is 16.7 Å². The predicted molar refractivity (Wildman–Crippen MR) is 71.6 cm³/mol. The smallest absolute Gasteiger partial charge is 0.166 e. The number of rotatable bonds is 0. The van der Waals surface area contributed by atoms with Crippen LogP contribution in [0, 0.1) is 11.8 Å². The molecule has 0 fully saturated rings. The van der Waals surface area contributed by atoms with E-state index in [4.69, 9.17) is 0 Å². The van der Waals surface area contributed by atoms with E-state index < -0.39 is 11.7 Å². The molecule has 2 aromatic rings. The fourth-order valence-corrected chi connectivity index (χ4v) is 1.96. The van der Waals surface area contributed by atoms with Crippen molar-refractivity contribution in [1.82, 2.24) is 0 Å². The van der Waals surface area contributed by atoms with E-state index in [9.17, 15) is 13.2 Å². The monoisotopic (exact) mass is 324 g/mol. The van der Waals surface area contributed by atoms with Crippen molar-refractivity contribution in [2.45, 2.75) is 6.18 Å². The Hall–Kier alpha value is -1.73. The van der Waals surface area contributed by atoms with Gasteiger partial charge in [-0.25, -0.2) is 0 Å². The molecule has 2 aromatic carbocycles. The molecule has 0 N–H and O–H groups in total. The molecule has 0 nitrogen and oxygen atoms in total. The molecule has 2 rings (SSSR count). The van der Waals surface area contributed by atoms with Gasteiger partial charge in [-0.2, -0.15) is 13.2 Å². The third kappa shape index (κ3) is 3.62. The van der Waals surface area contributed by atoms with Gasteiger partial charge in [0.2, 0.25) is 0 Å². The van der Waals surface area contributed by atoms with Gasteiger partial charge in [-0.3, -0.25) is 0 Å². The quantitative estimate of drug-likeness (QED) is 0.606. The second-order valence-electron chi connectivity index (χ2n) is 3.81. The lowest BCUT2D eigenvalue weighted by atomic mass is 10.1. The van der Waals surface area contributed by atoms with E-state index >= 15 is 0 Å². The minimum atomic E-state index is -4.39. The average Bonchev–Trinajstić information content (AvgIpc) is 2.37. The van der Waals surface area contributed by atoms with Gasteiger partial charge in [-0.05, 0) is 30.3 Å². The van der Waals surface area contributed by atoms with Crippen LogP contribution < -0.4 is 0 Å². The molecule has 0 aliphatic heterocycles. The summed E-state index contributed by atoms with van der Waals surface area (Å²) in [5, 5.41) is 0. The highest BCUT2D eigenvalue weighted by Gasteiger charge is 2.32. The summed E-state index contributed by atoms with van der Waals surface area (Å²) in [5.41, 5.74) is 0.380. The van der Waals surface area contributed by atoms with Crippen molar-refractivity contribution >= 4 is 15.9 Å². The topological polar surface area (TPSA) is 0 Å². The zero-order chi connectivity index (χ0) is 13.9. The molecule has 0 saturated carbocycles. The summed E-state index contributed by atoms with van der Waals surface area (Å²) in [5.74, 6) is 5.56. The summed E-state index contributed by atoms with van der Waals surface area (Å²) in [4.78, 5) is 0. The molecule has 96 valence electrons. The summed E-state index contributed by atoms with van der Waals surface area (Å²) in [6, 6.07) is 13.1. The second-order valence-corrected chi connectivity index (χ2v) is 4.66. The first kappa shape index (κ1) is 13.7. The average molecular weight is 325 g/mol. The molecule has 4 heteroatoms. The van der Waals surface area contributed by atoms with Crippen LogP contribution in [0.25, 0.3) is 0 Å². The highest BCUT2D eigenvalue weighted by molar-refractivity contribution is 9.10. The fourth-order valence-electron chi connectivity index (χ4n) is 1.49. The van der Waals surface area contributed by atoms with Gasteiger partial charge in [0, 0.05) is 15.6 Å². The van der Waals surface area contributed by atoms with Crippen molar-refractivity contribution in [2.75, 3.05) is 0 Å². The van der Waals surface area contributed by atoms with E-state index in [2.05, 4.69) is 27.8 Å². The van der Waals surface area contributed by atoms with Crippen LogP contribution in [0.2, 0.25) is 0 Å². The van der Waals surface area contributed by atoms with Crippen molar-refractivity contribution in [3.63, 3.8) is 0 Å². The molecule has 0 unspecified atom stereocenters. The Bertz CT molecular complexity index is 634. The van der Waals surface area contributed by atoms with E-state index in [-0.39, 0.29) is 4.47 Å². The standard InChI is InChI=1S/C15H8BrF3/c16-14-9-8-12(10-13(14)15(17,18)19)7-6-11-4-2-1-3-5-11/h1-5,8-10H. The van der Waals surface area contributed by atoms with E-state index in [0.29, 0.717) is 5.56 Å². The minimum Gasteiger partial charge on any atom is -0.166 e. The van der Waals surface area contributed by atoms with Crippen LogP contribution in [-0.2, 0) is 6.18 Å². The Balaban J connectivity index is 2.36. The van der Waals surface area contributed by atoms with Crippen LogP contribution in [0.15, 0.2) is 53.0 Å². The van der Waals surface area contributed by atoms with E-state index in [1.807, 2.05) is 18.2 Å². The molecular formula is C15H8BrF3. The first-order chi connectivity index (χ1) is 8.97. The Morgan fingerprint density at radius 3 is 2.11 bits per heavy atom. The lowest BCUT2D eigenvalue weighted by Crippen LogP contribution is -2.06. The Kier molecular flexibility index (Phi) is 3.96. The van der Waals surface area contributed by atoms with Crippen LogP contribution in [0.3, 0.4) is 0 Å². The van der Waals surface area contributed by atoms with E-state index in [1.165, 1.54) is 6.07 Å². The molecule has 0 bridgehead atoms. The van der Waals surface area contributed by atoms with Crippen LogP contribution in [0.5, 0.6) is 0 Å². The van der Waals surface area contributed by atoms with E-state index in [1.54, 1.807) is 18.2 Å². The predicted octanol–water partition coefficient (Wildman–Crippen LogP) is 4.87. The maximum absolute atomic E-state index is 12.7. The number of hydrogen-bond acceptors (Lipinski definition) is 0. The van der Waals surface area contributed by atoms with Crippen molar-refractivity contribution in [2.24, 2.45) is 0 Å². The molecule has 0 aliphatic rings. The molecule has 0 atom stereocenters. The fraction of sp³-hybridized carbons (Fsp3) is 0.0667. The summed E-state index contributed by atoms with van der Waals surface area (Å²) >= 11 is 2.89. The van der Waals surface area contributed by atoms with Gasteiger partial charge in [0.15, 0.2) is 0 Å². The van der Waals surface area contributed by atoms with Gasteiger partial charge in [-0.15, -0.1) is 0 Å². The van der Waals surface area contributed by atoms with Gasteiger partial charge in [0.1, 0.15) is 0 Å². The Morgan fingerprint density at radius 2 is 1.47 bits per heavy atom. The van der Waals surface area contributed by atoms with Crippen LogP contribution in [-0.4, -0.2) is 0 Å². The Labute approximate surface area is 117 Å². The molecule has 0 aromatic heterocycles. The summed E-state index contributed by atoms with van der Waals surface area (Å²) < 4.78 is 38.2. The second kappa shape index (κ2) is 5.50. The maximum atomic E-state index is 12.7. The largest absolute Gasteiger partial charge is 0.417 e. The third-order valence-electron chi connectivity index (χ3n) is 2.40. The normalized spacial score (nSPS) is 10.7. The van der Waals surface area contributed by atoms with Gasteiger partial charge >= 0.3 is 6.18 Å². The molecule has 0 aliphatic carbocycles. The first-order valence-corrected chi connectivity index (χ1v) is 6.20. The maximum Gasteiger partial charge on any atom is 0.417 e. The van der Waals surface area contributed by atoms with E-state index in [0.717, 1.165) is 11.6 Å². The van der Waals surface area contributed by atoms with Crippen LogP contribution >= 0.6 is 15.9 Å². The van der Waals surface area contributed by atoms with Gasteiger partial charge in [0.25, 0.3) is 0 Å². The number of alkyl halides is 3. The lowest BCUT2D eigenvalue weighted by molar-refractivity contribution is -0.138. The number of halogens is 4. The number of hydrogen-bond donors (Lipinski definition) is 0. The zero-order valence-electron chi connectivity index (χ0n) is 9.63. The summed E-state index contributed by atoms with van der Waals surface area (Å²) in [6.07, 6.45) is -4.39. The molecule has 0 saturated heterocycles. The molecule has 0 spiro atoms. The SMILES string of the molecule is FC(F)(F)c1cc(C#Cc2ccccc2)ccc1Br. The Morgan fingerprint density at radius 1 is 0.842 bits per heavy atom. The van der Waals surface area contributed by atoms with Crippen molar-refractivity contribution < 1.29 is 13.2 Å². The van der Waals surface area contributed by atoms with Crippen molar-refractivity contribution in [1.29, 1.82) is 0 Å². The molecular weight excluding hydrogens is 317 g/mol. The first-order valence-electron chi connectivity index (χ1n) is 5.40. The molecule has 19 heavy (non-hydrogen) atoms. The van der Waals surface area contributed by atoms with Gasteiger partial charge in [-0.1, -0.05) is 46.0 Å². The third-order valence-corrected chi connectivity index (χ3v) is 3.09. The highest BCUT2D eigenvalue weighted by atomic mass is 79.9. The zero-order valence-corrected chi connectivity index (χ0v) is 11.2. The van der Waals surface area contributed by atoms with Crippen molar-refractivity contribution in [3.8, 4) is 11.8 Å².